The Bertz CT molecular complexity index is 649. The molecule has 1 saturated heterocycles. The molecular formula is C14H19N3O3S. The van der Waals surface area contributed by atoms with Gasteiger partial charge in [0.25, 0.3) is 0 Å². The molecule has 1 aromatic heterocycles. The van der Waals surface area contributed by atoms with Crippen LogP contribution in [0.2, 0.25) is 0 Å². The second kappa shape index (κ2) is 7.00. The second-order valence-corrected chi connectivity index (χ2v) is 6.75. The average molecular weight is 309 g/mol. The van der Waals surface area contributed by atoms with Gasteiger partial charge < -0.3 is 10.8 Å². The van der Waals surface area contributed by atoms with E-state index in [0.717, 1.165) is 12.8 Å². The average Bonchev–Trinajstić information content (AvgIpc) is 2.53. The summed E-state index contributed by atoms with van der Waals surface area (Å²) in [6.07, 6.45) is 5.22. The predicted molar refractivity (Wildman–Crippen MR) is 78.8 cm³/mol. The van der Waals surface area contributed by atoms with Crippen molar-refractivity contribution in [3.8, 4) is 11.8 Å². The Labute approximate surface area is 125 Å². The fourth-order valence-corrected chi connectivity index (χ4v) is 4.06. The molecule has 1 aliphatic heterocycles. The van der Waals surface area contributed by atoms with Crippen molar-refractivity contribution in [1.29, 1.82) is 0 Å². The molecule has 1 aromatic rings. The van der Waals surface area contributed by atoms with Crippen LogP contribution in [-0.4, -0.2) is 48.6 Å². The highest BCUT2D eigenvalue weighted by Crippen LogP contribution is 2.25. The van der Waals surface area contributed by atoms with Gasteiger partial charge in [-0.25, -0.2) is 8.42 Å². The number of aromatic nitrogens is 1. The van der Waals surface area contributed by atoms with Gasteiger partial charge in [0.1, 0.15) is 4.90 Å². The monoisotopic (exact) mass is 309 g/mol. The van der Waals surface area contributed by atoms with Crippen molar-refractivity contribution in [2.75, 3.05) is 19.7 Å². The normalized spacial score (nSPS) is 19.8. The van der Waals surface area contributed by atoms with Crippen molar-refractivity contribution >= 4 is 10.0 Å². The molecule has 1 aliphatic rings. The van der Waals surface area contributed by atoms with Crippen LogP contribution in [0.3, 0.4) is 0 Å². The number of aliphatic hydroxyl groups excluding tert-OH is 1. The van der Waals surface area contributed by atoms with Crippen molar-refractivity contribution in [2.45, 2.75) is 30.2 Å². The number of aliphatic hydroxyl groups is 1. The van der Waals surface area contributed by atoms with E-state index in [1.165, 1.54) is 22.8 Å². The summed E-state index contributed by atoms with van der Waals surface area (Å²) in [7, 11) is -3.66. The maximum Gasteiger partial charge on any atom is 0.244 e. The van der Waals surface area contributed by atoms with Crippen LogP contribution in [0.1, 0.15) is 24.8 Å². The second-order valence-electron chi connectivity index (χ2n) is 4.86. The van der Waals surface area contributed by atoms with Gasteiger partial charge in [0.15, 0.2) is 0 Å². The third-order valence-corrected chi connectivity index (χ3v) is 5.36. The lowest BCUT2D eigenvalue weighted by Crippen LogP contribution is -2.45. The number of rotatable bonds is 3. The first-order chi connectivity index (χ1) is 10.1. The lowest BCUT2D eigenvalue weighted by molar-refractivity contribution is 0.155. The molecule has 114 valence electrons. The summed E-state index contributed by atoms with van der Waals surface area (Å²) in [5.74, 6) is 5.45. The first-order valence-corrected chi connectivity index (χ1v) is 8.30. The largest absolute Gasteiger partial charge is 0.395 e. The van der Waals surface area contributed by atoms with E-state index in [1.54, 1.807) is 0 Å². The zero-order valence-electron chi connectivity index (χ0n) is 11.7. The topological polar surface area (TPSA) is 96.5 Å². The molecule has 0 aliphatic carbocycles. The Morgan fingerprint density at radius 2 is 2.24 bits per heavy atom. The number of piperidine rings is 1. The minimum Gasteiger partial charge on any atom is -0.395 e. The Hall–Kier alpha value is -1.46. The minimum absolute atomic E-state index is 0.103. The Morgan fingerprint density at radius 1 is 1.43 bits per heavy atom. The number of nitrogens with two attached hydrogens (primary N) is 1. The Morgan fingerprint density at radius 3 is 2.95 bits per heavy atom. The molecule has 1 fully saturated rings. The highest BCUT2D eigenvalue weighted by Gasteiger charge is 2.33. The lowest BCUT2D eigenvalue weighted by atomic mass is 10.1. The van der Waals surface area contributed by atoms with Gasteiger partial charge >= 0.3 is 0 Å². The molecule has 0 spiro atoms. The van der Waals surface area contributed by atoms with Crippen LogP contribution in [-0.2, 0) is 10.0 Å². The van der Waals surface area contributed by atoms with E-state index >= 15 is 0 Å². The van der Waals surface area contributed by atoms with Gasteiger partial charge in [0.2, 0.25) is 10.0 Å². The van der Waals surface area contributed by atoms with Crippen LogP contribution in [0.4, 0.5) is 0 Å². The van der Waals surface area contributed by atoms with Crippen LogP contribution >= 0.6 is 0 Å². The highest BCUT2D eigenvalue weighted by molar-refractivity contribution is 7.89. The molecule has 0 bridgehead atoms. The van der Waals surface area contributed by atoms with Crippen molar-refractivity contribution in [3.05, 3.63) is 24.0 Å². The number of pyridine rings is 1. The van der Waals surface area contributed by atoms with Gasteiger partial charge in [-0.3, -0.25) is 4.98 Å². The predicted octanol–water partition coefficient (Wildman–Crippen LogP) is -0.0727. The van der Waals surface area contributed by atoms with Crippen molar-refractivity contribution < 1.29 is 13.5 Å². The molecule has 0 amide bonds. The number of sulfonamides is 1. The first kappa shape index (κ1) is 15.9. The highest BCUT2D eigenvalue weighted by atomic mass is 32.2. The van der Waals surface area contributed by atoms with Gasteiger partial charge in [-0.1, -0.05) is 18.3 Å². The zero-order valence-corrected chi connectivity index (χ0v) is 12.5. The third kappa shape index (κ3) is 3.60. The van der Waals surface area contributed by atoms with Crippen LogP contribution in [0.5, 0.6) is 0 Å². The molecule has 1 atom stereocenters. The lowest BCUT2D eigenvalue weighted by Gasteiger charge is -2.33. The first-order valence-electron chi connectivity index (χ1n) is 6.86. The van der Waals surface area contributed by atoms with E-state index in [2.05, 4.69) is 16.8 Å². The quantitative estimate of drug-likeness (QED) is 0.762. The van der Waals surface area contributed by atoms with Gasteiger partial charge in [0, 0.05) is 30.5 Å². The van der Waals surface area contributed by atoms with E-state index in [0.29, 0.717) is 18.5 Å². The van der Waals surface area contributed by atoms with Crippen molar-refractivity contribution in [2.24, 2.45) is 5.73 Å². The number of nitrogens with zero attached hydrogens (tertiary/aromatic N) is 2. The van der Waals surface area contributed by atoms with Crippen LogP contribution in [0.15, 0.2) is 23.4 Å². The summed E-state index contributed by atoms with van der Waals surface area (Å²) in [4.78, 5) is 4.04. The van der Waals surface area contributed by atoms with Crippen LogP contribution < -0.4 is 5.73 Å². The fourth-order valence-electron chi connectivity index (χ4n) is 2.39. The maximum absolute atomic E-state index is 12.7. The van der Waals surface area contributed by atoms with Crippen LogP contribution in [0, 0.1) is 11.8 Å². The Balaban J connectivity index is 2.34. The summed E-state index contributed by atoms with van der Waals surface area (Å²) in [5, 5.41) is 9.38. The van der Waals surface area contributed by atoms with Gasteiger partial charge in [-0.05, 0) is 18.9 Å². The molecule has 3 N–H and O–H groups in total. The molecule has 1 unspecified atom stereocenters. The zero-order chi connectivity index (χ0) is 15.3. The molecular weight excluding hydrogens is 290 g/mol. The van der Waals surface area contributed by atoms with E-state index in [9.17, 15) is 13.5 Å². The number of hydrogen-bond acceptors (Lipinski definition) is 5. The molecule has 0 saturated carbocycles. The van der Waals surface area contributed by atoms with Crippen LogP contribution in [0.25, 0.3) is 0 Å². The molecule has 0 aromatic carbocycles. The molecule has 0 radical (unpaired) electrons. The summed E-state index contributed by atoms with van der Waals surface area (Å²) in [6.45, 7) is 0.460. The summed E-state index contributed by atoms with van der Waals surface area (Å²) in [5.41, 5.74) is 5.82. The fraction of sp³-hybridized carbons (Fsp3) is 0.500. The van der Waals surface area contributed by atoms with E-state index in [4.69, 9.17) is 5.73 Å². The van der Waals surface area contributed by atoms with Crippen molar-refractivity contribution in [3.63, 3.8) is 0 Å². The summed E-state index contributed by atoms with van der Waals surface area (Å²) >= 11 is 0. The summed E-state index contributed by atoms with van der Waals surface area (Å²) in [6, 6.07) is 1.14. The van der Waals surface area contributed by atoms with E-state index in [1.807, 2.05) is 0 Å². The maximum atomic E-state index is 12.7. The van der Waals surface area contributed by atoms with Gasteiger partial charge in [-0.2, -0.15) is 4.31 Å². The number of hydrogen-bond donors (Lipinski definition) is 2. The smallest absolute Gasteiger partial charge is 0.244 e. The summed E-state index contributed by atoms with van der Waals surface area (Å²) < 4.78 is 26.7. The molecule has 7 heteroatoms. The molecule has 6 nitrogen and oxygen atoms in total. The Kier molecular flexibility index (Phi) is 5.31. The van der Waals surface area contributed by atoms with Crippen molar-refractivity contribution in [1.82, 2.24) is 9.29 Å². The molecule has 2 heterocycles. The SMILES string of the molecule is NCC#Cc1cncc(S(=O)(=O)N2CCCCC2CO)c1. The molecule has 2 rings (SSSR count). The van der Waals surface area contributed by atoms with Gasteiger partial charge in [-0.15, -0.1) is 0 Å². The minimum atomic E-state index is -3.66. The third-order valence-electron chi connectivity index (χ3n) is 3.44. The van der Waals surface area contributed by atoms with Gasteiger partial charge in [0.05, 0.1) is 13.2 Å². The molecule has 21 heavy (non-hydrogen) atoms. The van der Waals surface area contributed by atoms with E-state index in [-0.39, 0.29) is 24.1 Å². The van der Waals surface area contributed by atoms with E-state index < -0.39 is 10.0 Å². The standard InChI is InChI=1S/C14H19N3O3S/c15-6-3-4-12-8-14(10-16-9-12)21(19,20)17-7-2-1-5-13(17)11-18/h8-10,13,18H,1-2,5-7,11,15H2.